The van der Waals surface area contributed by atoms with Crippen LogP contribution in [0.1, 0.15) is 29.7 Å². The molecule has 0 bridgehead atoms. The maximum atomic E-state index is 10.7. The summed E-state index contributed by atoms with van der Waals surface area (Å²) in [7, 11) is 0. The molecule has 20 heavy (non-hydrogen) atoms. The summed E-state index contributed by atoms with van der Waals surface area (Å²) in [5.41, 5.74) is 0.895. The highest BCUT2D eigenvalue weighted by molar-refractivity contribution is 5.84. The number of carbonyl (C=O) groups is 1. The van der Waals surface area contributed by atoms with Gasteiger partial charge in [-0.15, -0.1) is 0 Å². The van der Waals surface area contributed by atoms with E-state index in [0.29, 0.717) is 18.9 Å². The van der Waals surface area contributed by atoms with Gasteiger partial charge >= 0.3 is 5.97 Å². The minimum atomic E-state index is -1.06. The lowest BCUT2D eigenvalue weighted by Gasteiger charge is -2.08. The van der Waals surface area contributed by atoms with Crippen molar-refractivity contribution in [1.29, 1.82) is 0 Å². The number of furan rings is 1. The number of nitrogens with one attached hydrogen (secondary N) is 1. The maximum Gasteiger partial charge on any atom is 0.371 e. The number of aromatic carboxylic acids is 1. The molecule has 0 spiro atoms. The van der Waals surface area contributed by atoms with Gasteiger partial charge in [0.2, 0.25) is 5.76 Å². The molecule has 0 aliphatic carbocycles. The molecule has 2 N–H and O–H groups in total. The number of hydrogen-bond acceptors (Lipinski definition) is 4. The summed E-state index contributed by atoms with van der Waals surface area (Å²) in [5, 5.41) is 11.9. The van der Waals surface area contributed by atoms with E-state index in [-0.39, 0.29) is 5.76 Å². The van der Waals surface area contributed by atoms with Gasteiger partial charge in [0.15, 0.2) is 0 Å². The van der Waals surface area contributed by atoms with E-state index in [1.807, 2.05) is 24.3 Å². The van der Waals surface area contributed by atoms with E-state index in [4.69, 9.17) is 14.3 Å². The number of hydrogen-bond donors (Lipinski definition) is 2. The highest BCUT2D eigenvalue weighted by Gasteiger charge is 2.08. The molecule has 0 aliphatic heterocycles. The van der Waals surface area contributed by atoms with E-state index >= 15 is 0 Å². The molecular weight excluding hydrogens is 258 g/mol. The molecule has 0 saturated carbocycles. The van der Waals surface area contributed by atoms with Crippen molar-refractivity contribution in [2.45, 2.75) is 19.9 Å². The summed E-state index contributed by atoms with van der Waals surface area (Å²) in [6, 6.07) is 10.7. The fourth-order valence-corrected chi connectivity index (χ4v) is 1.69. The van der Waals surface area contributed by atoms with Gasteiger partial charge in [0.1, 0.15) is 11.5 Å². The molecule has 5 nitrogen and oxygen atoms in total. The average Bonchev–Trinajstić information content (AvgIpc) is 2.92. The lowest BCUT2D eigenvalue weighted by molar-refractivity contribution is 0.0660. The summed E-state index contributed by atoms with van der Waals surface area (Å²) in [6.07, 6.45) is 0.960. The van der Waals surface area contributed by atoms with Crippen LogP contribution in [0.4, 0.5) is 5.69 Å². The van der Waals surface area contributed by atoms with Crippen LogP contribution in [0, 0.1) is 0 Å². The van der Waals surface area contributed by atoms with Crippen LogP contribution in [0.15, 0.2) is 40.8 Å². The zero-order chi connectivity index (χ0) is 14.4. The Morgan fingerprint density at radius 1 is 1.35 bits per heavy atom. The minimum absolute atomic E-state index is 0.0539. The zero-order valence-corrected chi connectivity index (χ0v) is 11.3. The van der Waals surface area contributed by atoms with E-state index in [1.165, 1.54) is 6.07 Å². The summed E-state index contributed by atoms with van der Waals surface area (Å²) >= 11 is 0. The van der Waals surface area contributed by atoms with Gasteiger partial charge in [-0.3, -0.25) is 0 Å². The molecular formula is C15H17NO4. The van der Waals surface area contributed by atoms with Crippen molar-refractivity contribution in [3.8, 4) is 5.75 Å². The lowest BCUT2D eigenvalue weighted by Crippen LogP contribution is -2.00. The predicted molar refractivity (Wildman–Crippen MR) is 75.2 cm³/mol. The van der Waals surface area contributed by atoms with Crippen molar-refractivity contribution in [2.75, 3.05) is 11.9 Å². The van der Waals surface area contributed by atoms with Crippen LogP contribution in [-0.2, 0) is 6.54 Å². The Balaban J connectivity index is 1.94. The second-order valence-corrected chi connectivity index (χ2v) is 4.30. The van der Waals surface area contributed by atoms with Gasteiger partial charge in [-0.1, -0.05) is 13.0 Å². The van der Waals surface area contributed by atoms with Crippen molar-refractivity contribution >= 4 is 11.7 Å². The monoisotopic (exact) mass is 275 g/mol. The Labute approximate surface area is 117 Å². The van der Waals surface area contributed by atoms with Crippen molar-refractivity contribution in [2.24, 2.45) is 0 Å². The van der Waals surface area contributed by atoms with Crippen LogP contribution in [0.5, 0.6) is 5.75 Å². The third-order valence-electron chi connectivity index (χ3n) is 2.65. The van der Waals surface area contributed by atoms with Gasteiger partial charge in [0.25, 0.3) is 0 Å². The van der Waals surface area contributed by atoms with Gasteiger partial charge in [-0.25, -0.2) is 4.79 Å². The predicted octanol–water partition coefficient (Wildman–Crippen LogP) is 3.38. The Kier molecular flexibility index (Phi) is 4.65. The first kappa shape index (κ1) is 14.0. The average molecular weight is 275 g/mol. The smallest absolute Gasteiger partial charge is 0.371 e. The van der Waals surface area contributed by atoms with Crippen LogP contribution in [0.2, 0.25) is 0 Å². The SMILES string of the molecule is CCCOc1cccc(NCc2ccc(C(=O)O)o2)c1. The molecule has 1 aromatic heterocycles. The molecule has 2 aromatic rings. The molecule has 5 heteroatoms. The Morgan fingerprint density at radius 2 is 2.20 bits per heavy atom. The largest absolute Gasteiger partial charge is 0.494 e. The normalized spacial score (nSPS) is 10.2. The highest BCUT2D eigenvalue weighted by Crippen LogP contribution is 2.18. The van der Waals surface area contributed by atoms with Crippen molar-refractivity contribution in [3.05, 3.63) is 47.9 Å². The van der Waals surface area contributed by atoms with E-state index < -0.39 is 5.97 Å². The first-order chi connectivity index (χ1) is 9.69. The number of benzene rings is 1. The molecule has 2 rings (SSSR count). The number of carboxylic acids is 1. The molecule has 106 valence electrons. The van der Waals surface area contributed by atoms with Gasteiger partial charge in [-0.2, -0.15) is 0 Å². The summed E-state index contributed by atoms with van der Waals surface area (Å²) in [4.78, 5) is 10.7. The van der Waals surface area contributed by atoms with Crippen molar-refractivity contribution in [3.63, 3.8) is 0 Å². The van der Waals surface area contributed by atoms with Crippen LogP contribution in [0.3, 0.4) is 0 Å². The van der Waals surface area contributed by atoms with Crippen molar-refractivity contribution < 1.29 is 19.1 Å². The third kappa shape index (κ3) is 3.78. The molecule has 1 aromatic carbocycles. The molecule has 0 atom stereocenters. The molecule has 0 fully saturated rings. The topological polar surface area (TPSA) is 71.7 Å². The fraction of sp³-hybridized carbons (Fsp3) is 0.267. The van der Waals surface area contributed by atoms with Crippen LogP contribution in [-0.4, -0.2) is 17.7 Å². The number of anilines is 1. The lowest BCUT2D eigenvalue weighted by atomic mass is 10.3. The quantitative estimate of drug-likeness (QED) is 0.810. The number of rotatable bonds is 7. The number of carboxylic acid groups (broad SMARTS) is 1. The summed E-state index contributed by atoms with van der Waals surface area (Å²) < 4.78 is 10.7. The van der Waals surface area contributed by atoms with Gasteiger partial charge < -0.3 is 19.6 Å². The Bertz CT molecular complexity index is 577. The van der Waals surface area contributed by atoms with E-state index in [1.54, 1.807) is 6.07 Å². The molecule has 0 amide bonds. The zero-order valence-electron chi connectivity index (χ0n) is 11.3. The van der Waals surface area contributed by atoms with Gasteiger partial charge in [-0.05, 0) is 30.7 Å². The first-order valence-corrected chi connectivity index (χ1v) is 6.48. The van der Waals surface area contributed by atoms with Crippen LogP contribution < -0.4 is 10.1 Å². The van der Waals surface area contributed by atoms with Gasteiger partial charge in [0, 0.05) is 11.8 Å². The number of ether oxygens (including phenoxy) is 1. The molecule has 0 saturated heterocycles. The third-order valence-corrected chi connectivity index (χ3v) is 2.65. The molecule has 0 radical (unpaired) electrons. The molecule has 0 aliphatic rings. The van der Waals surface area contributed by atoms with Crippen LogP contribution >= 0.6 is 0 Å². The Morgan fingerprint density at radius 3 is 2.90 bits per heavy atom. The van der Waals surface area contributed by atoms with Crippen molar-refractivity contribution in [1.82, 2.24) is 0 Å². The van der Waals surface area contributed by atoms with Gasteiger partial charge in [0.05, 0.1) is 13.2 Å². The second-order valence-electron chi connectivity index (χ2n) is 4.30. The van der Waals surface area contributed by atoms with E-state index in [0.717, 1.165) is 17.9 Å². The highest BCUT2D eigenvalue weighted by atomic mass is 16.5. The first-order valence-electron chi connectivity index (χ1n) is 6.48. The fourth-order valence-electron chi connectivity index (χ4n) is 1.69. The minimum Gasteiger partial charge on any atom is -0.494 e. The summed E-state index contributed by atoms with van der Waals surface area (Å²) in [5.74, 6) is 0.262. The second kappa shape index (κ2) is 6.65. The standard InChI is InChI=1S/C15H17NO4/c1-2-8-19-12-5-3-4-11(9-12)16-10-13-6-7-14(20-13)15(17)18/h3-7,9,16H,2,8,10H2,1H3,(H,17,18). The Hall–Kier alpha value is -2.43. The summed E-state index contributed by atoms with van der Waals surface area (Å²) in [6.45, 7) is 3.16. The molecule has 1 heterocycles. The van der Waals surface area contributed by atoms with Crippen LogP contribution in [0.25, 0.3) is 0 Å². The van der Waals surface area contributed by atoms with E-state index in [2.05, 4.69) is 12.2 Å². The van der Waals surface area contributed by atoms with E-state index in [9.17, 15) is 4.79 Å². The molecule has 0 unspecified atom stereocenters. The maximum absolute atomic E-state index is 10.7.